The summed E-state index contributed by atoms with van der Waals surface area (Å²) in [6, 6.07) is 8.59. The van der Waals surface area contributed by atoms with Gasteiger partial charge < -0.3 is 25.8 Å². The normalized spacial score (nSPS) is 18.0. The molecule has 1 fully saturated rings. The van der Waals surface area contributed by atoms with E-state index in [1.165, 1.54) is 11.1 Å². The van der Waals surface area contributed by atoms with Crippen molar-refractivity contribution in [3.8, 4) is 17.6 Å². The molecule has 1 aliphatic carbocycles. The van der Waals surface area contributed by atoms with E-state index in [-0.39, 0.29) is 24.7 Å². The van der Waals surface area contributed by atoms with Crippen molar-refractivity contribution in [3.63, 3.8) is 0 Å². The Morgan fingerprint density at radius 3 is 2.66 bits per heavy atom. The lowest BCUT2D eigenvalue weighted by molar-refractivity contribution is 0.186. The first kappa shape index (κ1) is 23.0. The number of nitrogens with zero attached hydrogens (tertiary/aromatic N) is 5. The molecule has 1 spiro atoms. The van der Waals surface area contributed by atoms with E-state index in [1.807, 2.05) is 0 Å². The average Bonchev–Trinajstić information content (AvgIpc) is 3.18. The summed E-state index contributed by atoms with van der Waals surface area (Å²) in [7, 11) is 1.75. The lowest BCUT2D eigenvalue weighted by atomic mass is 9.73. The van der Waals surface area contributed by atoms with Crippen molar-refractivity contribution in [3.05, 3.63) is 65.4 Å². The standard InChI is InChI=1S/C26H29N7O2/c1-28-25-30-15-20(16-31-25)35-12-4-6-19-14-29-24(22(17-34)32-19)33-10-8-26(9-11-33)13-18-5-2-3-7-21(18)23(26)27/h2-3,5,7,14-16,23,34H,8-13,17,27H2,1H3,(H,28,30,31). The zero-order valence-corrected chi connectivity index (χ0v) is 19.7. The lowest BCUT2D eigenvalue weighted by Crippen LogP contribution is -2.45. The van der Waals surface area contributed by atoms with E-state index in [0.29, 0.717) is 23.1 Å². The quantitative estimate of drug-likeness (QED) is 0.480. The molecule has 2 aliphatic rings. The zero-order valence-electron chi connectivity index (χ0n) is 19.7. The monoisotopic (exact) mass is 471 g/mol. The topological polar surface area (TPSA) is 122 Å². The molecule has 0 amide bonds. The molecule has 180 valence electrons. The minimum atomic E-state index is -0.198. The second kappa shape index (κ2) is 9.86. The average molecular weight is 472 g/mol. The fraction of sp³-hybridized carbons (Fsp3) is 0.385. The molecule has 1 saturated heterocycles. The number of aliphatic hydroxyl groups excluding tert-OH is 1. The van der Waals surface area contributed by atoms with Crippen LogP contribution in [0.25, 0.3) is 0 Å². The van der Waals surface area contributed by atoms with Crippen LogP contribution in [-0.2, 0) is 13.0 Å². The Bertz CT molecular complexity index is 1240. The third-order valence-electron chi connectivity index (χ3n) is 7.00. The minimum absolute atomic E-state index is 0.0666. The second-order valence-corrected chi connectivity index (χ2v) is 8.97. The van der Waals surface area contributed by atoms with Gasteiger partial charge in [-0.3, -0.25) is 0 Å². The summed E-state index contributed by atoms with van der Waals surface area (Å²) in [5.41, 5.74) is 10.5. The lowest BCUT2D eigenvalue weighted by Gasteiger charge is -2.42. The van der Waals surface area contributed by atoms with Gasteiger partial charge in [0.2, 0.25) is 5.95 Å². The van der Waals surface area contributed by atoms with Crippen LogP contribution in [0.15, 0.2) is 42.9 Å². The highest BCUT2D eigenvalue weighted by molar-refractivity contribution is 5.47. The maximum Gasteiger partial charge on any atom is 0.222 e. The van der Waals surface area contributed by atoms with Crippen LogP contribution >= 0.6 is 0 Å². The first-order chi connectivity index (χ1) is 17.1. The number of aliphatic hydroxyl groups is 1. The van der Waals surface area contributed by atoms with Crippen LogP contribution < -0.4 is 20.7 Å². The molecule has 1 aliphatic heterocycles. The number of piperidine rings is 1. The van der Waals surface area contributed by atoms with E-state index in [9.17, 15) is 5.11 Å². The van der Waals surface area contributed by atoms with E-state index >= 15 is 0 Å². The van der Waals surface area contributed by atoms with Gasteiger partial charge in [-0.2, -0.15) is 0 Å². The summed E-state index contributed by atoms with van der Waals surface area (Å²) in [5, 5.41) is 12.8. The van der Waals surface area contributed by atoms with Crippen LogP contribution in [0.2, 0.25) is 0 Å². The molecular weight excluding hydrogens is 442 g/mol. The molecular formula is C26H29N7O2. The number of rotatable bonds is 5. The van der Waals surface area contributed by atoms with Crippen LogP contribution in [0.4, 0.5) is 11.8 Å². The summed E-state index contributed by atoms with van der Waals surface area (Å²) in [4.78, 5) is 19.5. The summed E-state index contributed by atoms with van der Waals surface area (Å²) in [6.07, 6.45) is 7.80. The number of ether oxygens (including phenoxy) is 1. The summed E-state index contributed by atoms with van der Waals surface area (Å²) < 4.78 is 5.54. The van der Waals surface area contributed by atoms with E-state index in [4.69, 9.17) is 10.5 Å². The van der Waals surface area contributed by atoms with Gasteiger partial charge in [0.25, 0.3) is 0 Å². The fourth-order valence-corrected chi connectivity index (χ4v) is 5.09. The van der Waals surface area contributed by atoms with Crippen LogP contribution in [0.3, 0.4) is 0 Å². The number of anilines is 2. The number of hydrogen-bond acceptors (Lipinski definition) is 9. The van der Waals surface area contributed by atoms with E-state index < -0.39 is 0 Å². The highest BCUT2D eigenvalue weighted by Crippen LogP contribution is 2.50. The van der Waals surface area contributed by atoms with Crippen LogP contribution in [0.1, 0.15) is 41.4 Å². The Kier molecular flexibility index (Phi) is 6.49. The van der Waals surface area contributed by atoms with Gasteiger partial charge in [0.1, 0.15) is 18.0 Å². The molecule has 0 bridgehead atoms. The molecule has 0 radical (unpaired) electrons. The number of nitrogens with two attached hydrogens (primary N) is 1. The Balaban J connectivity index is 1.21. The molecule has 1 atom stereocenters. The highest BCUT2D eigenvalue weighted by atomic mass is 16.5. The van der Waals surface area contributed by atoms with Crippen molar-refractivity contribution in [1.82, 2.24) is 19.9 Å². The Hall–Kier alpha value is -3.74. The van der Waals surface area contributed by atoms with E-state index in [0.717, 1.165) is 38.2 Å². The van der Waals surface area contributed by atoms with Crippen LogP contribution in [-0.4, -0.2) is 51.8 Å². The Morgan fingerprint density at radius 2 is 1.94 bits per heavy atom. The van der Waals surface area contributed by atoms with Crippen molar-refractivity contribution in [2.24, 2.45) is 11.1 Å². The summed E-state index contributed by atoms with van der Waals surface area (Å²) in [6.45, 7) is 1.63. The molecule has 1 aromatic carbocycles. The number of benzene rings is 1. The van der Waals surface area contributed by atoms with Crippen LogP contribution in [0, 0.1) is 17.3 Å². The van der Waals surface area contributed by atoms with Crippen molar-refractivity contribution in [1.29, 1.82) is 0 Å². The number of aromatic nitrogens is 4. The molecule has 5 rings (SSSR count). The molecule has 9 heteroatoms. The molecule has 0 saturated carbocycles. The van der Waals surface area contributed by atoms with Gasteiger partial charge in [-0.1, -0.05) is 30.2 Å². The maximum atomic E-state index is 9.96. The first-order valence-electron chi connectivity index (χ1n) is 11.8. The minimum Gasteiger partial charge on any atom is -0.478 e. The fourth-order valence-electron chi connectivity index (χ4n) is 5.09. The van der Waals surface area contributed by atoms with Gasteiger partial charge in [0, 0.05) is 26.2 Å². The molecule has 4 N–H and O–H groups in total. The number of hydrogen-bond donors (Lipinski definition) is 3. The van der Waals surface area contributed by atoms with Gasteiger partial charge >= 0.3 is 0 Å². The molecule has 9 nitrogen and oxygen atoms in total. The van der Waals surface area contributed by atoms with E-state index in [1.54, 1.807) is 25.6 Å². The van der Waals surface area contributed by atoms with Crippen molar-refractivity contribution >= 4 is 11.8 Å². The third-order valence-corrected chi connectivity index (χ3v) is 7.00. The smallest absolute Gasteiger partial charge is 0.222 e. The van der Waals surface area contributed by atoms with Crippen molar-refractivity contribution in [2.75, 3.05) is 37.0 Å². The first-order valence-corrected chi connectivity index (χ1v) is 11.8. The third kappa shape index (κ3) is 4.63. The van der Waals surface area contributed by atoms with Crippen LogP contribution in [0.5, 0.6) is 5.75 Å². The van der Waals surface area contributed by atoms with Gasteiger partial charge in [-0.05, 0) is 41.7 Å². The Morgan fingerprint density at radius 1 is 1.17 bits per heavy atom. The highest BCUT2D eigenvalue weighted by Gasteiger charge is 2.46. The molecule has 35 heavy (non-hydrogen) atoms. The molecule has 3 aromatic rings. The summed E-state index contributed by atoms with van der Waals surface area (Å²) >= 11 is 0. The van der Waals surface area contributed by atoms with Crippen molar-refractivity contribution < 1.29 is 9.84 Å². The predicted octanol–water partition coefficient (Wildman–Crippen LogP) is 2.07. The van der Waals surface area contributed by atoms with Gasteiger partial charge in [-0.15, -0.1) is 0 Å². The molecule has 3 heterocycles. The summed E-state index contributed by atoms with van der Waals surface area (Å²) in [5.74, 6) is 7.64. The maximum absolute atomic E-state index is 9.96. The van der Waals surface area contributed by atoms with Gasteiger partial charge in [0.15, 0.2) is 11.6 Å². The van der Waals surface area contributed by atoms with Gasteiger partial charge in [-0.25, -0.2) is 19.9 Å². The number of nitrogens with one attached hydrogen (secondary N) is 1. The number of fused-ring (bicyclic) bond motifs is 1. The SMILES string of the molecule is CNc1ncc(OCC#Cc2cnc(N3CCC4(CC3)Cc3ccccc3C4N)c(CO)n2)cn1. The van der Waals surface area contributed by atoms with Gasteiger partial charge in [0.05, 0.1) is 25.2 Å². The predicted molar refractivity (Wildman–Crippen MR) is 133 cm³/mol. The van der Waals surface area contributed by atoms with E-state index in [2.05, 4.69) is 66.3 Å². The molecule has 1 unspecified atom stereocenters. The second-order valence-electron chi connectivity index (χ2n) is 8.97. The largest absolute Gasteiger partial charge is 0.478 e. The molecule has 2 aromatic heterocycles. The van der Waals surface area contributed by atoms with Crippen molar-refractivity contribution in [2.45, 2.75) is 31.9 Å². The zero-order chi connectivity index (χ0) is 24.3. The Labute approximate surface area is 204 Å².